The lowest BCUT2D eigenvalue weighted by atomic mass is 9.96. The number of piperazine rings is 1. The largest absolute Gasteiger partial charge is 0.416 e. The third-order valence-corrected chi connectivity index (χ3v) is 3.84. The van der Waals surface area contributed by atoms with Crippen LogP contribution in [0, 0.1) is 0 Å². The second kappa shape index (κ2) is 7.27. The minimum atomic E-state index is -4.82. The van der Waals surface area contributed by atoms with Crippen LogP contribution in [0.15, 0.2) is 18.2 Å². The summed E-state index contributed by atoms with van der Waals surface area (Å²) in [7, 11) is 0. The first-order valence-electron chi connectivity index (χ1n) is 6.84. The average molecular weight is 363 g/mol. The number of nitrogens with zero attached hydrogens (tertiary/aromatic N) is 1. The van der Waals surface area contributed by atoms with E-state index in [0.29, 0.717) is 32.2 Å². The number of benzene rings is 1. The Morgan fingerprint density at radius 3 is 2.04 bits per heavy atom. The summed E-state index contributed by atoms with van der Waals surface area (Å²) in [6, 6.07) is 1.26. The third kappa shape index (κ3) is 4.74. The molecule has 0 unspecified atom stereocenters. The molecule has 0 bridgehead atoms. The van der Waals surface area contributed by atoms with E-state index in [4.69, 9.17) is 0 Å². The van der Waals surface area contributed by atoms with E-state index in [1.165, 1.54) is 0 Å². The summed E-state index contributed by atoms with van der Waals surface area (Å²) in [4.78, 5) is 1.83. The molecule has 2 nitrogen and oxygen atoms in total. The van der Waals surface area contributed by atoms with Crippen LogP contribution < -0.4 is 5.32 Å². The van der Waals surface area contributed by atoms with E-state index in [1.807, 2.05) is 4.90 Å². The zero-order valence-corrected chi connectivity index (χ0v) is 13.1. The van der Waals surface area contributed by atoms with E-state index in [2.05, 4.69) is 5.32 Å². The number of hydrogen-bond donors (Lipinski definition) is 1. The Kier molecular flexibility index (Phi) is 6.34. The third-order valence-electron chi connectivity index (χ3n) is 3.84. The Balaban J connectivity index is 0.00000264. The molecule has 1 saturated heterocycles. The highest BCUT2D eigenvalue weighted by Crippen LogP contribution is 2.40. The maximum Gasteiger partial charge on any atom is 0.416 e. The molecule has 2 rings (SSSR count). The summed E-state index contributed by atoms with van der Waals surface area (Å²) in [5.41, 5.74) is -2.62. The predicted molar refractivity (Wildman–Crippen MR) is 76.6 cm³/mol. The second-order valence-corrected chi connectivity index (χ2v) is 5.26. The van der Waals surface area contributed by atoms with Crippen LogP contribution in [0.5, 0.6) is 0 Å². The van der Waals surface area contributed by atoms with Crippen molar-refractivity contribution in [3.05, 3.63) is 34.9 Å². The van der Waals surface area contributed by atoms with E-state index in [9.17, 15) is 26.3 Å². The van der Waals surface area contributed by atoms with Gasteiger partial charge in [0.15, 0.2) is 0 Å². The van der Waals surface area contributed by atoms with Gasteiger partial charge in [-0.1, -0.05) is 6.07 Å². The number of alkyl halides is 6. The maximum absolute atomic E-state index is 13.1. The fourth-order valence-electron chi connectivity index (χ4n) is 2.61. The number of halogens is 7. The van der Waals surface area contributed by atoms with Crippen LogP contribution in [0.1, 0.15) is 29.7 Å². The van der Waals surface area contributed by atoms with E-state index in [1.54, 1.807) is 6.92 Å². The molecule has 1 aromatic carbocycles. The molecule has 1 aliphatic rings. The first-order chi connectivity index (χ1) is 10.1. The topological polar surface area (TPSA) is 15.3 Å². The number of hydrogen-bond acceptors (Lipinski definition) is 2. The Hall–Kier alpha value is -0.990. The molecule has 1 fully saturated rings. The fraction of sp³-hybridized carbons (Fsp3) is 0.571. The van der Waals surface area contributed by atoms with Crippen LogP contribution in [-0.4, -0.2) is 31.1 Å². The lowest BCUT2D eigenvalue weighted by molar-refractivity contribution is -0.143. The van der Waals surface area contributed by atoms with E-state index >= 15 is 0 Å². The van der Waals surface area contributed by atoms with Crippen LogP contribution in [0.25, 0.3) is 0 Å². The van der Waals surface area contributed by atoms with Crippen molar-refractivity contribution in [2.75, 3.05) is 26.2 Å². The molecule has 0 aromatic heterocycles. The van der Waals surface area contributed by atoms with Crippen molar-refractivity contribution in [1.82, 2.24) is 10.2 Å². The van der Waals surface area contributed by atoms with Gasteiger partial charge in [0.05, 0.1) is 11.1 Å². The van der Waals surface area contributed by atoms with Gasteiger partial charge in [-0.15, -0.1) is 12.4 Å². The van der Waals surface area contributed by atoms with Crippen LogP contribution >= 0.6 is 12.4 Å². The molecular weight excluding hydrogens is 346 g/mol. The van der Waals surface area contributed by atoms with E-state index in [-0.39, 0.29) is 24.0 Å². The molecule has 1 atom stereocenters. The zero-order valence-electron chi connectivity index (χ0n) is 12.3. The smallest absolute Gasteiger partial charge is 0.314 e. The summed E-state index contributed by atoms with van der Waals surface area (Å²) in [6.45, 7) is 3.99. The molecule has 23 heavy (non-hydrogen) atoms. The van der Waals surface area contributed by atoms with Gasteiger partial charge in [-0.25, -0.2) is 0 Å². The lowest BCUT2D eigenvalue weighted by Crippen LogP contribution is -2.44. The normalized spacial score (nSPS) is 18.4. The van der Waals surface area contributed by atoms with Gasteiger partial charge in [-0.2, -0.15) is 26.3 Å². The molecule has 1 N–H and O–H groups in total. The predicted octanol–water partition coefficient (Wildman–Crippen LogP) is 4.11. The first kappa shape index (κ1) is 20.1. The highest BCUT2D eigenvalue weighted by molar-refractivity contribution is 5.85. The number of nitrogens with one attached hydrogen (secondary N) is 1. The van der Waals surface area contributed by atoms with Gasteiger partial charge in [-0.05, 0) is 24.6 Å². The summed E-state index contributed by atoms with van der Waals surface area (Å²) in [5.74, 6) is 0. The molecule has 1 aliphatic heterocycles. The summed E-state index contributed by atoms with van der Waals surface area (Å²) < 4.78 is 77.4. The van der Waals surface area contributed by atoms with Crippen molar-refractivity contribution in [1.29, 1.82) is 0 Å². The molecule has 132 valence electrons. The quantitative estimate of drug-likeness (QED) is 0.796. The minimum Gasteiger partial charge on any atom is -0.314 e. The fourth-order valence-corrected chi connectivity index (χ4v) is 2.61. The lowest BCUT2D eigenvalue weighted by Gasteiger charge is -2.34. The average Bonchev–Trinajstić information content (AvgIpc) is 2.45. The maximum atomic E-state index is 13.1. The standard InChI is InChI=1S/C14H16F6N2.ClH/c1-9(22-6-4-21-5-7-22)11-3-2-10(13(15,16)17)8-12(11)14(18,19)20;/h2-3,8-9,21H,4-7H2,1H3;1H/t9-;/m1./s1. The van der Waals surface area contributed by atoms with Gasteiger partial charge < -0.3 is 5.32 Å². The summed E-state index contributed by atoms with van der Waals surface area (Å²) >= 11 is 0. The molecule has 0 amide bonds. The highest BCUT2D eigenvalue weighted by atomic mass is 35.5. The molecule has 0 aliphatic carbocycles. The Bertz CT molecular complexity index is 523. The van der Waals surface area contributed by atoms with E-state index in [0.717, 1.165) is 6.07 Å². The molecular formula is C14H17ClF6N2. The van der Waals surface area contributed by atoms with Crippen LogP contribution in [0.2, 0.25) is 0 Å². The molecule has 0 saturated carbocycles. The SMILES string of the molecule is C[C@H](c1ccc(C(F)(F)F)cc1C(F)(F)F)N1CCNCC1.Cl. The van der Waals surface area contributed by atoms with Crippen molar-refractivity contribution in [2.45, 2.75) is 25.3 Å². The van der Waals surface area contributed by atoms with Crippen molar-refractivity contribution in [3.63, 3.8) is 0 Å². The minimum absolute atomic E-state index is 0. The van der Waals surface area contributed by atoms with Crippen LogP contribution in [0.3, 0.4) is 0 Å². The van der Waals surface area contributed by atoms with Crippen molar-refractivity contribution >= 4 is 12.4 Å². The molecule has 1 aromatic rings. The summed E-state index contributed by atoms with van der Waals surface area (Å²) in [6.07, 6.45) is -9.62. The van der Waals surface area contributed by atoms with Gasteiger partial charge in [0, 0.05) is 32.2 Å². The van der Waals surface area contributed by atoms with Gasteiger partial charge in [-0.3, -0.25) is 4.90 Å². The zero-order chi connectivity index (χ0) is 16.5. The second-order valence-electron chi connectivity index (χ2n) is 5.26. The van der Waals surface area contributed by atoms with Crippen molar-refractivity contribution in [3.8, 4) is 0 Å². The van der Waals surface area contributed by atoms with Gasteiger partial charge >= 0.3 is 12.4 Å². The Morgan fingerprint density at radius 2 is 1.57 bits per heavy atom. The summed E-state index contributed by atoms with van der Waals surface area (Å²) in [5, 5.41) is 3.08. The van der Waals surface area contributed by atoms with E-state index < -0.39 is 29.5 Å². The number of rotatable bonds is 2. The first-order valence-corrected chi connectivity index (χ1v) is 6.84. The monoisotopic (exact) mass is 362 g/mol. The van der Waals surface area contributed by atoms with Gasteiger partial charge in [0.25, 0.3) is 0 Å². The van der Waals surface area contributed by atoms with Gasteiger partial charge in [0.2, 0.25) is 0 Å². The Morgan fingerprint density at radius 1 is 1.00 bits per heavy atom. The van der Waals surface area contributed by atoms with Crippen molar-refractivity contribution in [2.24, 2.45) is 0 Å². The van der Waals surface area contributed by atoms with Crippen molar-refractivity contribution < 1.29 is 26.3 Å². The van der Waals surface area contributed by atoms with Crippen LogP contribution in [-0.2, 0) is 12.4 Å². The highest BCUT2D eigenvalue weighted by Gasteiger charge is 2.39. The van der Waals surface area contributed by atoms with Crippen LogP contribution in [0.4, 0.5) is 26.3 Å². The molecule has 0 radical (unpaired) electrons. The molecule has 9 heteroatoms. The molecule has 1 heterocycles. The molecule has 0 spiro atoms. The van der Waals surface area contributed by atoms with Gasteiger partial charge in [0.1, 0.15) is 0 Å². The Labute approximate surface area is 136 Å².